The second-order valence-electron chi connectivity index (χ2n) is 4.60. The number of hydrogen-bond donors (Lipinski definition) is 1. The molecule has 5 nitrogen and oxygen atoms in total. The summed E-state index contributed by atoms with van der Waals surface area (Å²) in [6.07, 6.45) is 1.44. The van der Waals surface area contributed by atoms with Gasteiger partial charge < -0.3 is 14.7 Å². The normalized spacial score (nSPS) is 22.2. The maximum absolute atomic E-state index is 13.4. The molecule has 0 aromatic rings. The number of hydrogen-bond acceptors (Lipinski definition) is 3. The average Bonchev–Trinajstić information content (AvgIpc) is 2.37. The summed E-state index contributed by atoms with van der Waals surface area (Å²) in [4.78, 5) is 23.3. The second-order valence-corrected chi connectivity index (χ2v) is 4.60. The molecule has 0 bridgehead atoms. The van der Waals surface area contributed by atoms with E-state index in [2.05, 4.69) is 6.58 Å². The fourth-order valence-electron chi connectivity index (χ4n) is 1.90. The fourth-order valence-corrected chi connectivity index (χ4v) is 1.90. The number of alkyl halides is 2. The molecule has 1 saturated heterocycles. The number of amides is 1. The van der Waals surface area contributed by atoms with Crippen molar-refractivity contribution in [1.29, 1.82) is 0 Å². The van der Waals surface area contributed by atoms with E-state index in [9.17, 15) is 18.4 Å². The largest absolute Gasteiger partial charge is 0.481 e. The summed E-state index contributed by atoms with van der Waals surface area (Å²) in [5, 5.41) is 8.83. The Labute approximate surface area is 115 Å². The molecule has 1 fully saturated rings. The lowest BCUT2D eigenvalue weighted by Crippen LogP contribution is -2.51. The number of halogens is 2. The van der Waals surface area contributed by atoms with Crippen LogP contribution in [0.1, 0.15) is 13.3 Å². The maximum Gasteiger partial charge on any atom is 0.410 e. The first kappa shape index (κ1) is 16.1. The van der Waals surface area contributed by atoms with E-state index in [1.165, 1.54) is 6.08 Å². The summed E-state index contributed by atoms with van der Waals surface area (Å²) in [6.45, 7) is 4.05. The van der Waals surface area contributed by atoms with Crippen LogP contribution in [0.15, 0.2) is 24.3 Å². The number of allylic oxidation sites excluding steroid dienone is 1. The van der Waals surface area contributed by atoms with E-state index < -0.39 is 36.9 Å². The Kier molecular flexibility index (Phi) is 5.24. The van der Waals surface area contributed by atoms with E-state index in [0.717, 1.165) is 4.90 Å². The topological polar surface area (TPSA) is 66.8 Å². The van der Waals surface area contributed by atoms with Crippen molar-refractivity contribution in [2.45, 2.75) is 19.3 Å². The highest BCUT2D eigenvalue weighted by atomic mass is 19.3. The number of carbonyl (C=O) groups is 2. The molecule has 20 heavy (non-hydrogen) atoms. The number of likely N-dealkylation sites (tertiary alicyclic amines) is 1. The van der Waals surface area contributed by atoms with Gasteiger partial charge in [-0.25, -0.2) is 13.6 Å². The van der Waals surface area contributed by atoms with Crippen LogP contribution in [0.2, 0.25) is 0 Å². The first-order valence-corrected chi connectivity index (χ1v) is 6.09. The molecule has 0 aromatic heterocycles. The molecule has 0 aliphatic carbocycles. The van der Waals surface area contributed by atoms with Crippen molar-refractivity contribution in [2.75, 3.05) is 19.7 Å². The SMILES string of the molecule is C=C/C(=C\C)COC(=O)N1CC(C(=O)O)CC(F)(F)C1. The van der Waals surface area contributed by atoms with Crippen LogP contribution in [0.25, 0.3) is 0 Å². The second kappa shape index (κ2) is 6.49. The molecule has 1 aliphatic rings. The summed E-state index contributed by atoms with van der Waals surface area (Å²) in [5.74, 6) is -5.85. The van der Waals surface area contributed by atoms with Crippen LogP contribution in [0.3, 0.4) is 0 Å². The van der Waals surface area contributed by atoms with Gasteiger partial charge in [0.25, 0.3) is 5.92 Å². The molecule has 0 radical (unpaired) electrons. The highest BCUT2D eigenvalue weighted by Gasteiger charge is 2.45. The van der Waals surface area contributed by atoms with Crippen LogP contribution in [0, 0.1) is 5.92 Å². The van der Waals surface area contributed by atoms with E-state index in [1.54, 1.807) is 13.0 Å². The Morgan fingerprint density at radius 2 is 2.20 bits per heavy atom. The van der Waals surface area contributed by atoms with Crippen molar-refractivity contribution in [2.24, 2.45) is 5.92 Å². The van der Waals surface area contributed by atoms with Gasteiger partial charge in [0.15, 0.2) is 0 Å². The predicted molar refractivity (Wildman–Crippen MR) is 67.6 cm³/mol. The van der Waals surface area contributed by atoms with Crippen molar-refractivity contribution in [3.8, 4) is 0 Å². The van der Waals surface area contributed by atoms with Gasteiger partial charge in [0.2, 0.25) is 0 Å². The molecule has 1 rings (SSSR count). The van der Waals surface area contributed by atoms with Gasteiger partial charge in [-0.15, -0.1) is 0 Å². The van der Waals surface area contributed by atoms with Gasteiger partial charge in [-0.1, -0.05) is 18.7 Å². The van der Waals surface area contributed by atoms with Crippen LogP contribution in [-0.4, -0.2) is 47.7 Å². The monoisotopic (exact) mass is 289 g/mol. The highest BCUT2D eigenvalue weighted by Crippen LogP contribution is 2.30. The molecule has 1 heterocycles. The third-order valence-electron chi connectivity index (χ3n) is 3.01. The lowest BCUT2D eigenvalue weighted by Gasteiger charge is -2.35. The minimum atomic E-state index is -3.22. The van der Waals surface area contributed by atoms with Crippen LogP contribution in [-0.2, 0) is 9.53 Å². The summed E-state index contributed by atoms with van der Waals surface area (Å²) in [5.41, 5.74) is 0.636. The van der Waals surface area contributed by atoms with Gasteiger partial charge in [-0.05, 0) is 12.5 Å². The molecule has 112 valence electrons. The van der Waals surface area contributed by atoms with E-state index in [-0.39, 0.29) is 13.2 Å². The zero-order chi connectivity index (χ0) is 15.3. The van der Waals surface area contributed by atoms with Gasteiger partial charge in [-0.3, -0.25) is 4.79 Å². The van der Waals surface area contributed by atoms with Crippen molar-refractivity contribution in [3.63, 3.8) is 0 Å². The molecule has 7 heteroatoms. The molecule has 0 aromatic carbocycles. The third kappa shape index (κ3) is 4.32. The number of carboxylic acid groups (broad SMARTS) is 1. The van der Waals surface area contributed by atoms with Crippen molar-refractivity contribution in [1.82, 2.24) is 4.90 Å². The number of carbonyl (C=O) groups excluding carboxylic acids is 1. The molecular weight excluding hydrogens is 272 g/mol. The number of nitrogens with zero attached hydrogens (tertiary/aromatic N) is 1. The molecule has 0 saturated carbocycles. The summed E-state index contributed by atoms with van der Waals surface area (Å²) >= 11 is 0. The molecule has 1 amide bonds. The lowest BCUT2D eigenvalue weighted by atomic mass is 9.96. The summed E-state index contributed by atoms with van der Waals surface area (Å²) in [6, 6.07) is 0. The molecule has 1 atom stereocenters. The fraction of sp³-hybridized carbons (Fsp3) is 0.538. The summed E-state index contributed by atoms with van der Waals surface area (Å²) < 4.78 is 31.7. The van der Waals surface area contributed by atoms with Gasteiger partial charge in [0.05, 0.1) is 12.5 Å². The number of carboxylic acids is 1. The number of rotatable bonds is 4. The first-order valence-electron chi connectivity index (χ1n) is 6.09. The quantitative estimate of drug-likeness (QED) is 0.806. The first-order chi connectivity index (χ1) is 9.29. The van der Waals surface area contributed by atoms with Crippen LogP contribution >= 0.6 is 0 Å². The predicted octanol–water partition coefficient (Wildman–Crippen LogP) is 2.30. The molecule has 1 aliphatic heterocycles. The molecule has 1 unspecified atom stereocenters. The van der Waals surface area contributed by atoms with E-state index >= 15 is 0 Å². The van der Waals surface area contributed by atoms with Crippen molar-refractivity contribution < 1.29 is 28.2 Å². The van der Waals surface area contributed by atoms with Crippen molar-refractivity contribution >= 4 is 12.1 Å². The minimum absolute atomic E-state index is 0.0847. The average molecular weight is 289 g/mol. The van der Waals surface area contributed by atoms with Gasteiger partial charge in [0, 0.05) is 13.0 Å². The molecule has 1 N–H and O–H groups in total. The smallest absolute Gasteiger partial charge is 0.410 e. The third-order valence-corrected chi connectivity index (χ3v) is 3.01. The van der Waals surface area contributed by atoms with E-state index in [0.29, 0.717) is 5.57 Å². The van der Waals surface area contributed by atoms with E-state index in [4.69, 9.17) is 9.84 Å². The Bertz CT molecular complexity index is 434. The highest BCUT2D eigenvalue weighted by molar-refractivity contribution is 5.73. The maximum atomic E-state index is 13.4. The number of ether oxygens (including phenoxy) is 1. The molecule has 0 spiro atoms. The van der Waals surface area contributed by atoms with Crippen LogP contribution in [0.5, 0.6) is 0 Å². The van der Waals surface area contributed by atoms with Crippen molar-refractivity contribution in [3.05, 3.63) is 24.3 Å². The Morgan fingerprint density at radius 1 is 1.55 bits per heavy atom. The Hall–Kier alpha value is -1.92. The summed E-state index contributed by atoms with van der Waals surface area (Å²) in [7, 11) is 0. The van der Waals surface area contributed by atoms with Gasteiger partial charge >= 0.3 is 12.1 Å². The number of aliphatic carboxylic acids is 1. The Balaban J connectivity index is 2.67. The minimum Gasteiger partial charge on any atom is -0.481 e. The standard InChI is InChI=1S/C13H17F2NO4/c1-3-9(4-2)7-20-12(19)16-6-10(11(17)18)5-13(14,15)8-16/h3-4,10H,1,5-8H2,2H3,(H,17,18)/b9-4+. The lowest BCUT2D eigenvalue weighted by molar-refractivity contribution is -0.151. The van der Waals surface area contributed by atoms with Gasteiger partial charge in [0.1, 0.15) is 6.61 Å². The van der Waals surface area contributed by atoms with Gasteiger partial charge in [-0.2, -0.15) is 0 Å². The van der Waals surface area contributed by atoms with E-state index in [1.807, 2.05) is 0 Å². The number of piperidine rings is 1. The van der Waals surface area contributed by atoms with Crippen LogP contribution < -0.4 is 0 Å². The Morgan fingerprint density at radius 3 is 2.70 bits per heavy atom. The van der Waals surface area contributed by atoms with Crippen LogP contribution in [0.4, 0.5) is 13.6 Å². The zero-order valence-corrected chi connectivity index (χ0v) is 11.1. The molecular formula is C13H17F2NO4. The zero-order valence-electron chi connectivity index (χ0n) is 11.1.